The molecule has 0 saturated heterocycles. The van der Waals surface area contributed by atoms with Gasteiger partial charge in [0.25, 0.3) is 0 Å². The minimum absolute atomic E-state index is 0.0407. The van der Waals surface area contributed by atoms with Gasteiger partial charge in [-0.2, -0.15) is 13.2 Å². The highest BCUT2D eigenvalue weighted by molar-refractivity contribution is 6.13. The van der Waals surface area contributed by atoms with E-state index in [9.17, 15) is 18.0 Å². The molecule has 2 aromatic carbocycles. The van der Waals surface area contributed by atoms with Crippen LogP contribution in [-0.4, -0.2) is 30.5 Å². The predicted molar refractivity (Wildman–Crippen MR) is 103 cm³/mol. The summed E-state index contributed by atoms with van der Waals surface area (Å²) in [6, 6.07) is 18.0. The third-order valence-corrected chi connectivity index (χ3v) is 4.13. The van der Waals surface area contributed by atoms with Gasteiger partial charge in [-0.15, -0.1) is 0 Å². The molecule has 0 saturated carbocycles. The third kappa shape index (κ3) is 7.18. The zero-order chi connectivity index (χ0) is 20.4. The molecule has 0 heterocycles. The van der Waals surface area contributed by atoms with Gasteiger partial charge < -0.3 is 4.74 Å². The molecule has 2 aromatic rings. The van der Waals surface area contributed by atoms with E-state index in [1.165, 1.54) is 0 Å². The molecule has 0 aliphatic rings. The predicted octanol–water partition coefficient (Wildman–Crippen LogP) is 5.58. The summed E-state index contributed by atoms with van der Waals surface area (Å²) < 4.78 is 42.3. The Morgan fingerprint density at radius 3 is 1.96 bits per heavy atom. The molecule has 0 aromatic heterocycles. The van der Waals surface area contributed by atoms with Gasteiger partial charge in [0.15, 0.2) is 0 Å². The van der Waals surface area contributed by atoms with Crippen LogP contribution in [0.15, 0.2) is 65.7 Å². The first-order valence-corrected chi connectivity index (χ1v) is 9.32. The van der Waals surface area contributed by atoms with Crippen LogP contribution in [0.5, 0.6) is 0 Å². The Morgan fingerprint density at radius 1 is 0.964 bits per heavy atom. The van der Waals surface area contributed by atoms with Crippen molar-refractivity contribution in [2.75, 3.05) is 6.61 Å². The van der Waals surface area contributed by atoms with Crippen molar-refractivity contribution in [1.29, 1.82) is 0 Å². The fraction of sp³-hybridized carbons (Fsp3) is 0.364. The average molecular weight is 391 g/mol. The molecule has 0 spiro atoms. The standard InChI is InChI=1S/C22H24F3NO2/c1-2-28-21(27)19(15-9-10-16-22(23,24)25)26-20(17-11-5-3-6-12-17)18-13-7-4-8-14-18/h3-8,11-14,19H,2,9-10,15-16H2,1H3. The van der Waals surface area contributed by atoms with E-state index in [1.54, 1.807) is 6.92 Å². The largest absolute Gasteiger partial charge is 0.464 e. The summed E-state index contributed by atoms with van der Waals surface area (Å²) in [6.45, 7) is 1.89. The summed E-state index contributed by atoms with van der Waals surface area (Å²) >= 11 is 0. The van der Waals surface area contributed by atoms with Crippen LogP contribution < -0.4 is 0 Å². The third-order valence-electron chi connectivity index (χ3n) is 4.13. The zero-order valence-electron chi connectivity index (χ0n) is 15.8. The van der Waals surface area contributed by atoms with Gasteiger partial charge in [-0.3, -0.25) is 4.99 Å². The lowest BCUT2D eigenvalue weighted by Crippen LogP contribution is -2.24. The molecule has 0 aliphatic heterocycles. The number of ether oxygens (including phenoxy) is 1. The van der Waals surface area contributed by atoms with Gasteiger partial charge in [-0.25, -0.2) is 4.79 Å². The summed E-state index contributed by atoms with van der Waals surface area (Å²) in [7, 11) is 0. The summed E-state index contributed by atoms with van der Waals surface area (Å²) in [4.78, 5) is 17.0. The lowest BCUT2D eigenvalue weighted by atomic mass is 10.0. The smallest absolute Gasteiger partial charge is 0.389 e. The van der Waals surface area contributed by atoms with E-state index in [4.69, 9.17) is 4.74 Å². The second-order valence-electron chi connectivity index (χ2n) is 6.34. The molecule has 150 valence electrons. The number of esters is 1. The van der Waals surface area contributed by atoms with Crippen LogP contribution in [0.25, 0.3) is 0 Å². The molecule has 3 nitrogen and oxygen atoms in total. The molecule has 1 unspecified atom stereocenters. The first-order valence-electron chi connectivity index (χ1n) is 9.32. The lowest BCUT2D eigenvalue weighted by molar-refractivity contribution is -0.144. The highest BCUT2D eigenvalue weighted by Crippen LogP contribution is 2.24. The normalized spacial score (nSPS) is 12.3. The number of unbranched alkanes of at least 4 members (excludes halogenated alkanes) is 1. The number of hydrogen-bond acceptors (Lipinski definition) is 3. The second-order valence-corrected chi connectivity index (χ2v) is 6.34. The van der Waals surface area contributed by atoms with E-state index < -0.39 is 24.6 Å². The molecule has 0 aliphatic carbocycles. The van der Waals surface area contributed by atoms with Crippen LogP contribution in [0.4, 0.5) is 13.2 Å². The summed E-state index contributed by atoms with van der Waals surface area (Å²) in [6.07, 6.45) is -4.65. The highest BCUT2D eigenvalue weighted by Gasteiger charge is 2.27. The molecule has 1 atom stereocenters. The van der Waals surface area contributed by atoms with Gasteiger partial charge >= 0.3 is 12.1 Å². The zero-order valence-corrected chi connectivity index (χ0v) is 15.8. The highest BCUT2D eigenvalue weighted by atomic mass is 19.4. The summed E-state index contributed by atoms with van der Waals surface area (Å²) in [5.74, 6) is -0.515. The van der Waals surface area contributed by atoms with E-state index >= 15 is 0 Å². The number of benzene rings is 2. The van der Waals surface area contributed by atoms with Crippen LogP contribution in [0, 0.1) is 0 Å². The number of hydrogen-bond donors (Lipinski definition) is 0. The molecular formula is C22H24F3NO2. The van der Waals surface area contributed by atoms with Gasteiger partial charge in [0.2, 0.25) is 0 Å². The maximum absolute atomic E-state index is 12.4. The van der Waals surface area contributed by atoms with Gasteiger partial charge in [0.1, 0.15) is 6.04 Å². The fourth-order valence-electron chi connectivity index (χ4n) is 2.80. The van der Waals surface area contributed by atoms with Crippen molar-refractivity contribution < 1.29 is 22.7 Å². The van der Waals surface area contributed by atoms with Crippen molar-refractivity contribution in [3.05, 3.63) is 71.8 Å². The molecule has 6 heteroatoms. The molecule has 28 heavy (non-hydrogen) atoms. The SMILES string of the molecule is CCOC(=O)C(CCCCC(F)(F)F)N=C(c1ccccc1)c1ccccc1. The first-order chi connectivity index (χ1) is 13.4. The molecule has 2 rings (SSSR count). The Morgan fingerprint density at radius 2 is 1.50 bits per heavy atom. The van der Waals surface area contributed by atoms with Crippen LogP contribution in [0.2, 0.25) is 0 Å². The average Bonchev–Trinajstić information content (AvgIpc) is 2.68. The molecule has 0 fully saturated rings. The summed E-state index contributed by atoms with van der Waals surface area (Å²) in [5, 5.41) is 0. The van der Waals surface area contributed by atoms with Crippen LogP contribution >= 0.6 is 0 Å². The molecule has 0 radical (unpaired) electrons. The Hall–Kier alpha value is -2.63. The van der Waals surface area contributed by atoms with Gasteiger partial charge in [-0.1, -0.05) is 67.1 Å². The van der Waals surface area contributed by atoms with E-state index in [0.29, 0.717) is 5.71 Å². The number of halogens is 3. The minimum Gasteiger partial charge on any atom is -0.464 e. The van der Waals surface area contributed by atoms with Crippen molar-refractivity contribution in [1.82, 2.24) is 0 Å². The van der Waals surface area contributed by atoms with Crippen molar-refractivity contribution in [3.63, 3.8) is 0 Å². The number of nitrogens with zero attached hydrogens (tertiary/aromatic N) is 1. The second kappa shape index (κ2) is 10.6. The number of rotatable bonds is 9. The Balaban J connectivity index is 2.28. The van der Waals surface area contributed by atoms with E-state index in [-0.39, 0.29) is 25.9 Å². The minimum atomic E-state index is -4.19. The van der Waals surface area contributed by atoms with Crippen LogP contribution in [0.3, 0.4) is 0 Å². The van der Waals surface area contributed by atoms with Crippen molar-refractivity contribution in [2.24, 2.45) is 4.99 Å². The van der Waals surface area contributed by atoms with E-state index in [0.717, 1.165) is 11.1 Å². The molecule has 0 N–H and O–H groups in total. The monoisotopic (exact) mass is 391 g/mol. The lowest BCUT2D eigenvalue weighted by Gasteiger charge is -2.15. The van der Waals surface area contributed by atoms with E-state index in [2.05, 4.69) is 4.99 Å². The summed E-state index contributed by atoms with van der Waals surface area (Å²) in [5.41, 5.74) is 2.28. The molecular weight excluding hydrogens is 367 g/mol. The van der Waals surface area contributed by atoms with Crippen LogP contribution in [-0.2, 0) is 9.53 Å². The van der Waals surface area contributed by atoms with Crippen LogP contribution in [0.1, 0.15) is 43.7 Å². The van der Waals surface area contributed by atoms with Gasteiger partial charge in [-0.05, 0) is 19.8 Å². The number of carbonyl (C=O) groups excluding carboxylic acids is 1. The number of aliphatic imine (C=N–C) groups is 1. The van der Waals surface area contributed by atoms with Crippen molar-refractivity contribution >= 4 is 11.7 Å². The molecule has 0 amide bonds. The number of alkyl halides is 3. The van der Waals surface area contributed by atoms with Crippen molar-refractivity contribution in [3.8, 4) is 0 Å². The quantitative estimate of drug-likeness (QED) is 0.318. The Labute approximate surface area is 163 Å². The maximum atomic E-state index is 12.4. The Bertz CT molecular complexity index is 717. The maximum Gasteiger partial charge on any atom is 0.389 e. The van der Waals surface area contributed by atoms with E-state index in [1.807, 2.05) is 60.7 Å². The Kier molecular flexibility index (Phi) is 8.23. The first kappa shape index (κ1) is 21.7. The fourth-order valence-corrected chi connectivity index (χ4v) is 2.80. The number of carbonyl (C=O) groups is 1. The topological polar surface area (TPSA) is 38.7 Å². The van der Waals surface area contributed by atoms with Gasteiger partial charge in [0.05, 0.1) is 12.3 Å². The molecule has 0 bridgehead atoms. The van der Waals surface area contributed by atoms with Gasteiger partial charge in [0, 0.05) is 17.5 Å². The van der Waals surface area contributed by atoms with Crippen molar-refractivity contribution in [2.45, 2.75) is 44.8 Å².